The van der Waals surface area contributed by atoms with E-state index in [1.807, 2.05) is 24.3 Å². The third kappa shape index (κ3) is 3.43. The first-order valence-corrected chi connectivity index (χ1v) is 9.45. The number of hydrogen-bond donors (Lipinski definition) is 1. The second-order valence-electron chi connectivity index (χ2n) is 6.12. The van der Waals surface area contributed by atoms with Crippen LogP contribution in [0.2, 0.25) is 0 Å². The monoisotopic (exact) mass is 362 g/mol. The minimum absolute atomic E-state index is 0.0622. The molecule has 1 aliphatic heterocycles. The number of nitrogens with zero attached hydrogens (tertiary/aromatic N) is 1. The van der Waals surface area contributed by atoms with Gasteiger partial charge in [-0.3, -0.25) is 4.79 Å². The molecule has 1 amide bonds. The Balaban J connectivity index is 1.78. The maximum atomic E-state index is 13.3. The first kappa shape index (κ1) is 17.6. The molecule has 3 rings (SSSR count). The number of rotatable bonds is 4. The fraction of sp³-hybridized carbons (Fsp3) is 0.278. The number of hydrogen-bond acceptors (Lipinski definition) is 3. The number of carbonyl (C=O) groups is 1. The van der Waals surface area contributed by atoms with E-state index in [0.29, 0.717) is 6.54 Å². The van der Waals surface area contributed by atoms with Crippen molar-refractivity contribution >= 4 is 21.6 Å². The number of nitrogens with one attached hydrogen (secondary N) is 1. The van der Waals surface area contributed by atoms with Crippen molar-refractivity contribution < 1.29 is 17.6 Å². The quantitative estimate of drug-likeness (QED) is 0.908. The van der Waals surface area contributed by atoms with Crippen LogP contribution in [0, 0.1) is 12.7 Å². The number of benzene rings is 2. The van der Waals surface area contributed by atoms with Crippen LogP contribution in [-0.4, -0.2) is 26.9 Å². The number of aryl methyl sites for hydroxylation is 1. The third-order valence-electron chi connectivity index (χ3n) is 4.30. The summed E-state index contributed by atoms with van der Waals surface area (Å²) in [6.07, 6.45) is 0.749. The van der Waals surface area contributed by atoms with Gasteiger partial charge in [0, 0.05) is 12.2 Å². The number of para-hydroxylation sites is 1. The highest BCUT2D eigenvalue weighted by molar-refractivity contribution is 7.89. The molecule has 0 aliphatic carbocycles. The number of amides is 1. The summed E-state index contributed by atoms with van der Waals surface area (Å²) in [5.74, 6) is -0.788. The molecule has 0 radical (unpaired) electrons. The second kappa shape index (κ2) is 6.57. The molecule has 1 aliphatic rings. The third-order valence-corrected chi connectivity index (χ3v) is 5.83. The van der Waals surface area contributed by atoms with Crippen LogP contribution in [0.3, 0.4) is 0 Å². The molecule has 2 aromatic carbocycles. The summed E-state index contributed by atoms with van der Waals surface area (Å²) in [6, 6.07) is 10.2. The SMILES string of the molecule is Cc1cc(S(=O)(=O)N[C@@H](C)C(=O)N2CCc3ccccc32)ccc1F. The molecule has 0 fully saturated rings. The Kier molecular flexibility index (Phi) is 4.62. The van der Waals surface area contributed by atoms with Crippen molar-refractivity contribution in [2.75, 3.05) is 11.4 Å². The Bertz CT molecular complexity index is 928. The predicted octanol–water partition coefficient (Wildman–Crippen LogP) is 2.39. The minimum Gasteiger partial charge on any atom is -0.310 e. The molecule has 0 unspecified atom stereocenters. The molecular formula is C18H19FN2O3S. The molecule has 7 heteroatoms. The fourth-order valence-corrected chi connectivity index (χ4v) is 4.22. The molecule has 2 aromatic rings. The summed E-state index contributed by atoms with van der Waals surface area (Å²) in [6.45, 7) is 3.53. The summed E-state index contributed by atoms with van der Waals surface area (Å²) in [7, 11) is -3.91. The van der Waals surface area contributed by atoms with E-state index in [0.717, 1.165) is 23.7 Å². The molecule has 5 nitrogen and oxygen atoms in total. The molecule has 132 valence electrons. The zero-order chi connectivity index (χ0) is 18.2. The number of fused-ring (bicyclic) bond motifs is 1. The molecular weight excluding hydrogens is 343 g/mol. The van der Waals surface area contributed by atoms with Crippen LogP contribution in [0.4, 0.5) is 10.1 Å². The Hall–Kier alpha value is -2.25. The normalized spacial score (nSPS) is 15.1. The first-order valence-electron chi connectivity index (χ1n) is 7.97. The molecule has 1 N–H and O–H groups in total. The average Bonchev–Trinajstić information content (AvgIpc) is 3.00. The van der Waals surface area contributed by atoms with E-state index in [-0.39, 0.29) is 16.4 Å². The van der Waals surface area contributed by atoms with Gasteiger partial charge in [-0.2, -0.15) is 4.72 Å². The Morgan fingerprint density at radius 2 is 1.96 bits per heavy atom. The highest BCUT2D eigenvalue weighted by atomic mass is 32.2. The van der Waals surface area contributed by atoms with Crippen molar-refractivity contribution in [2.45, 2.75) is 31.2 Å². The zero-order valence-electron chi connectivity index (χ0n) is 14.0. The van der Waals surface area contributed by atoms with E-state index in [9.17, 15) is 17.6 Å². The van der Waals surface area contributed by atoms with Crippen LogP contribution < -0.4 is 9.62 Å². The van der Waals surface area contributed by atoms with Crippen LogP contribution in [0.5, 0.6) is 0 Å². The topological polar surface area (TPSA) is 66.5 Å². The van der Waals surface area contributed by atoms with Crippen LogP contribution in [0.15, 0.2) is 47.4 Å². The van der Waals surface area contributed by atoms with Crippen LogP contribution in [0.25, 0.3) is 0 Å². The summed E-state index contributed by atoms with van der Waals surface area (Å²) in [4.78, 5) is 14.2. The van der Waals surface area contributed by atoms with Gasteiger partial charge >= 0.3 is 0 Å². The summed E-state index contributed by atoms with van der Waals surface area (Å²) < 4.78 is 40.7. The van der Waals surface area contributed by atoms with Crippen molar-refractivity contribution in [2.24, 2.45) is 0 Å². The lowest BCUT2D eigenvalue weighted by molar-refractivity contribution is -0.119. The zero-order valence-corrected chi connectivity index (χ0v) is 14.8. The highest BCUT2D eigenvalue weighted by Crippen LogP contribution is 2.28. The molecule has 0 aromatic heterocycles. The lowest BCUT2D eigenvalue weighted by Crippen LogP contribution is -2.46. The van der Waals surface area contributed by atoms with Gasteiger partial charge in [0.2, 0.25) is 15.9 Å². The van der Waals surface area contributed by atoms with Gasteiger partial charge in [-0.25, -0.2) is 12.8 Å². The molecule has 25 heavy (non-hydrogen) atoms. The predicted molar refractivity (Wildman–Crippen MR) is 93.4 cm³/mol. The minimum atomic E-state index is -3.91. The van der Waals surface area contributed by atoms with Gasteiger partial charge in [0.25, 0.3) is 0 Å². The summed E-state index contributed by atoms with van der Waals surface area (Å²) in [5, 5.41) is 0. The highest BCUT2D eigenvalue weighted by Gasteiger charge is 2.30. The largest absolute Gasteiger partial charge is 0.310 e. The van der Waals surface area contributed by atoms with E-state index >= 15 is 0 Å². The molecule has 1 heterocycles. The van der Waals surface area contributed by atoms with Crippen LogP contribution in [-0.2, 0) is 21.2 Å². The standard InChI is InChI=1S/C18H19FN2O3S/c1-12-11-15(7-8-16(12)19)25(23,24)20-13(2)18(22)21-10-9-14-5-3-4-6-17(14)21/h3-8,11,13,20H,9-10H2,1-2H3/t13-/m0/s1. The molecule has 1 atom stereocenters. The Morgan fingerprint density at radius 1 is 1.24 bits per heavy atom. The maximum Gasteiger partial charge on any atom is 0.244 e. The van der Waals surface area contributed by atoms with Gasteiger partial charge in [-0.05, 0) is 55.7 Å². The van der Waals surface area contributed by atoms with Crippen molar-refractivity contribution in [3.05, 3.63) is 59.4 Å². The van der Waals surface area contributed by atoms with Gasteiger partial charge in [0.15, 0.2) is 0 Å². The molecule has 0 saturated carbocycles. The Morgan fingerprint density at radius 3 is 2.68 bits per heavy atom. The number of carbonyl (C=O) groups excluding carboxylic acids is 1. The summed E-state index contributed by atoms with van der Waals surface area (Å²) in [5.41, 5.74) is 2.12. The van der Waals surface area contributed by atoms with Gasteiger partial charge < -0.3 is 4.90 Å². The van der Waals surface area contributed by atoms with Crippen LogP contribution in [0.1, 0.15) is 18.1 Å². The maximum absolute atomic E-state index is 13.3. The van der Waals surface area contributed by atoms with E-state index in [1.165, 1.54) is 26.0 Å². The smallest absolute Gasteiger partial charge is 0.244 e. The van der Waals surface area contributed by atoms with Crippen molar-refractivity contribution in [3.8, 4) is 0 Å². The van der Waals surface area contributed by atoms with Crippen molar-refractivity contribution in [1.82, 2.24) is 4.72 Å². The molecule has 0 saturated heterocycles. The van der Waals surface area contributed by atoms with E-state index < -0.39 is 21.9 Å². The van der Waals surface area contributed by atoms with E-state index in [2.05, 4.69) is 4.72 Å². The lowest BCUT2D eigenvalue weighted by atomic mass is 10.2. The van der Waals surface area contributed by atoms with E-state index in [1.54, 1.807) is 4.90 Å². The van der Waals surface area contributed by atoms with Crippen LogP contribution >= 0.6 is 0 Å². The molecule has 0 spiro atoms. The number of sulfonamides is 1. The van der Waals surface area contributed by atoms with Gasteiger partial charge in [0.1, 0.15) is 5.82 Å². The fourth-order valence-electron chi connectivity index (χ4n) is 2.94. The Labute approximate surface area is 146 Å². The van der Waals surface area contributed by atoms with E-state index in [4.69, 9.17) is 0 Å². The number of halogens is 1. The van der Waals surface area contributed by atoms with Crippen molar-refractivity contribution in [3.63, 3.8) is 0 Å². The summed E-state index contributed by atoms with van der Waals surface area (Å²) >= 11 is 0. The first-order chi connectivity index (χ1) is 11.8. The second-order valence-corrected chi connectivity index (χ2v) is 7.84. The van der Waals surface area contributed by atoms with Crippen molar-refractivity contribution in [1.29, 1.82) is 0 Å². The van der Waals surface area contributed by atoms with Gasteiger partial charge in [0.05, 0.1) is 10.9 Å². The molecule has 0 bridgehead atoms. The lowest BCUT2D eigenvalue weighted by Gasteiger charge is -2.22. The number of anilines is 1. The van der Waals surface area contributed by atoms with Gasteiger partial charge in [-0.15, -0.1) is 0 Å². The van der Waals surface area contributed by atoms with Gasteiger partial charge in [-0.1, -0.05) is 18.2 Å². The average molecular weight is 362 g/mol.